The molecule has 2 aliphatic rings. The molecule has 0 aromatic rings. The van der Waals surface area contributed by atoms with Gasteiger partial charge in [0.1, 0.15) is 0 Å². The number of nitrogens with one attached hydrogen (secondary N) is 1. The van der Waals surface area contributed by atoms with E-state index in [1.54, 1.807) is 0 Å². The van der Waals surface area contributed by atoms with Crippen LogP contribution in [0, 0.1) is 23.2 Å². The van der Waals surface area contributed by atoms with Crippen molar-refractivity contribution in [3.05, 3.63) is 0 Å². The minimum Gasteiger partial charge on any atom is -0.356 e. The molecule has 3 unspecified atom stereocenters. The fourth-order valence-corrected chi connectivity index (χ4v) is 3.62. The van der Waals surface area contributed by atoms with Crippen LogP contribution in [0.25, 0.3) is 0 Å². The van der Waals surface area contributed by atoms with Crippen LogP contribution in [0.5, 0.6) is 0 Å². The van der Waals surface area contributed by atoms with Crippen LogP contribution in [0.15, 0.2) is 0 Å². The second kappa shape index (κ2) is 5.82. The highest BCUT2D eigenvalue weighted by Gasteiger charge is 2.44. The second-order valence-electron chi connectivity index (χ2n) is 7.28. The summed E-state index contributed by atoms with van der Waals surface area (Å²) in [4.78, 5) is 12.4. The highest BCUT2D eigenvalue weighted by molar-refractivity contribution is 5.79. The molecule has 2 rings (SSSR count). The fourth-order valence-electron chi connectivity index (χ4n) is 3.62. The van der Waals surface area contributed by atoms with E-state index in [-0.39, 0.29) is 23.3 Å². The highest BCUT2D eigenvalue weighted by Crippen LogP contribution is 2.44. The molecule has 2 saturated carbocycles. The first-order chi connectivity index (χ1) is 8.93. The molecule has 0 aliphatic heterocycles. The quantitative estimate of drug-likeness (QED) is 0.822. The lowest BCUT2D eigenvalue weighted by atomic mass is 9.61. The van der Waals surface area contributed by atoms with E-state index in [1.165, 1.54) is 19.3 Å². The van der Waals surface area contributed by atoms with Crippen molar-refractivity contribution >= 4 is 5.91 Å². The lowest BCUT2D eigenvalue weighted by Crippen LogP contribution is -2.51. The molecule has 3 atom stereocenters. The summed E-state index contributed by atoms with van der Waals surface area (Å²) in [5.41, 5.74) is 6.16. The van der Waals surface area contributed by atoms with Gasteiger partial charge in [-0.25, -0.2) is 0 Å². The monoisotopic (exact) mass is 266 g/mol. The Labute approximate surface area is 117 Å². The molecule has 0 aromatic carbocycles. The first-order valence-corrected chi connectivity index (χ1v) is 7.96. The van der Waals surface area contributed by atoms with Gasteiger partial charge in [-0.1, -0.05) is 40.0 Å². The van der Waals surface area contributed by atoms with Crippen LogP contribution in [-0.2, 0) is 4.79 Å². The number of rotatable bonds is 4. The van der Waals surface area contributed by atoms with E-state index in [4.69, 9.17) is 5.73 Å². The number of carbonyl (C=O) groups excluding carboxylic acids is 1. The van der Waals surface area contributed by atoms with Gasteiger partial charge >= 0.3 is 0 Å². The van der Waals surface area contributed by atoms with Crippen molar-refractivity contribution in [1.29, 1.82) is 0 Å². The van der Waals surface area contributed by atoms with Crippen LogP contribution in [0.3, 0.4) is 0 Å². The minimum absolute atomic E-state index is 0.0121. The molecule has 0 saturated heterocycles. The molecule has 0 bridgehead atoms. The molecule has 3 N–H and O–H groups in total. The first-order valence-electron chi connectivity index (χ1n) is 7.96. The van der Waals surface area contributed by atoms with Crippen LogP contribution in [0.2, 0.25) is 0 Å². The Morgan fingerprint density at radius 2 is 1.95 bits per heavy atom. The zero-order chi connectivity index (χ0) is 14.0. The van der Waals surface area contributed by atoms with Gasteiger partial charge in [-0.15, -0.1) is 0 Å². The Morgan fingerprint density at radius 1 is 1.26 bits per heavy atom. The molecular weight excluding hydrogens is 236 g/mol. The predicted molar refractivity (Wildman–Crippen MR) is 78.6 cm³/mol. The van der Waals surface area contributed by atoms with Gasteiger partial charge in [0.25, 0.3) is 0 Å². The van der Waals surface area contributed by atoms with E-state index in [1.807, 2.05) is 0 Å². The molecule has 0 heterocycles. The van der Waals surface area contributed by atoms with Gasteiger partial charge in [0.05, 0.1) is 0 Å². The number of nitrogens with two attached hydrogens (primary N) is 1. The molecule has 1 amide bonds. The van der Waals surface area contributed by atoms with Crippen LogP contribution >= 0.6 is 0 Å². The lowest BCUT2D eigenvalue weighted by molar-refractivity contribution is -0.132. The van der Waals surface area contributed by atoms with Crippen molar-refractivity contribution in [3.63, 3.8) is 0 Å². The third-order valence-corrected chi connectivity index (χ3v) is 5.90. The third-order valence-electron chi connectivity index (χ3n) is 5.90. The van der Waals surface area contributed by atoms with E-state index >= 15 is 0 Å². The van der Waals surface area contributed by atoms with Gasteiger partial charge in [0.15, 0.2) is 0 Å². The molecule has 2 fully saturated rings. The number of carbonyl (C=O) groups is 1. The van der Waals surface area contributed by atoms with Crippen molar-refractivity contribution < 1.29 is 4.79 Å². The molecule has 0 radical (unpaired) electrons. The van der Waals surface area contributed by atoms with Crippen molar-refractivity contribution in [2.24, 2.45) is 28.9 Å². The zero-order valence-electron chi connectivity index (χ0n) is 12.7. The predicted octanol–water partition coefficient (Wildman–Crippen LogP) is 2.69. The van der Waals surface area contributed by atoms with E-state index < -0.39 is 0 Å². The summed E-state index contributed by atoms with van der Waals surface area (Å²) in [6, 6.07) is 0.244. The second-order valence-corrected chi connectivity index (χ2v) is 7.28. The van der Waals surface area contributed by atoms with E-state index in [0.717, 1.165) is 31.7 Å². The average molecular weight is 266 g/mol. The molecule has 3 heteroatoms. The van der Waals surface area contributed by atoms with Crippen LogP contribution in [-0.4, -0.2) is 18.5 Å². The summed E-state index contributed by atoms with van der Waals surface area (Å²) in [5.74, 6) is 1.66. The summed E-state index contributed by atoms with van der Waals surface area (Å²) in [5, 5.41) is 3.16. The zero-order valence-corrected chi connectivity index (χ0v) is 12.7. The Bertz CT molecular complexity index is 323. The largest absolute Gasteiger partial charge is 0.356 e. The van der Waals surface area contributed by atoms with Gasteiger partial charge in [0.2, 0.25) is 5.91 Å². The smallest absolute Gasteiger partial charge is 0.223 e. The Balaban J connectivity index is 1.83. The van der Waals surface area contributed by atoms with Gasteiger partial charge in [-0.05, 0) is 36.5 Å². The SMILES string of the molecule is CC1C(N)CCC(C(=O)NCCC2CCC2)C1(C)C. The van der Waals surface area contributed by atoms with E-state index in [0.29, 0.717) is 5.92 Å². The first kappa shape index (κ1) is 14.8. The highest BCUT2D eigenvalue weighted by atomic mass is 16.1. The maximum atomic E-state index is 12.4. The summed E-state index contributed by atoms with van der Waals surface area (Å²) in [6.45, 7) is 7.45. The standard InChI is InChI=1S/C16H30N2O/c1-11-14(17)8-7-13(16(11,2)3)15(19)18-10-9-12-5-4-6-12/h11-14H,4-10,17H2,1-3H3,(H,18,19). The number of hydrogen-bond acceptors (Lipinski definition) is 2. The minimum atomic E-state index is 0.0121. The van der Waals surface area contributed by atoms with Crippen LogP contribution < -0.4 is 11.1 Å². The van der Waals surface area contributed by atoms with E-state index in [2.05, 4.69) is 26.1 Å². The van der Waals surface area contributed by atoms with E-state index in [9.17, 15) is 4.79 Å². The fraction of sp³-hybridized carbons (Fsp3) is 0.938. The van der Waals surface area contributed by atoms with Crippen molar-refractivity contribution in [3.8, 4) is 0 Å². The normalized spacial score (nSPS) is 34.6. The van der Waals surface area contributed by atoms with Gasteiger partial charge in [-0.3, -0.25) is 4.79 Å². The van der Waals surface area contributed by atoms with Crippen molar-refractivity contribution in [2.75, 3.05) is 6.54 Å². The molecule has 0 spiro atoms. The van der Waals surface area contributed by atoms with Crippen molar-refractivity contribution in [1.82, 2.24) is 5.32 Å². The van der Waals surface area contributed by atoms with Crippen LogP contribution in [0.4, 0.5) is 0 Å². The van der Waals surface area contributed by atoms with Crippen LogP contribution in [0.1, 0.15) is 59.3 Å². The molecule has 19 heavy (non-hydrogen) atoms. The molecule has 3 nitrogen and oxygen atoms in total. The topological polar surface area (TPSA) is 55.1 Å². The lowest BCUT2D eigenvalue weighted by Gasteiger charge is -2.46. The Hall–Kier alpha value is -0.570. The molecule has 110 valence electrons. The number of amides is 1. The summed E-state index contributed by atoms with van der Waals surface area (Å²) in [6.07, 6.45) is 7.17. The van der Waals surface area contributed by atoms with Gasteiger partial charge < -0.3 is 11.1 Å². The van der Waals surface area contributed by atoms with Crippen molar-refractivity contribution in [2.45, 2.75) is 65.3 Å². The Morgan fingerprint density at radius 3 is 2.53 bits per heavy atom. The number of hydrogen-bond donors (Lipinski definition) is 2. The third kappa shape index (κ3) is 3.13. The molecule has 2 aliphatic carbocycles. The molecular formula is C16H30N2O. The molecule has 0 aromatic heterocycles. The van der Waals surface area contributed by atoms with Gasteiger partial charge in [0, 0.05) is 18.5 Å². The summed E-state index contributed by atoms with van der Waals surface area (Å²) < 4.78 is 0. The summed E-state index contributed by atoms with van der Waals surface area (Å²) in [7, 11) is 0. The average Bonchev–Trinajstić information content (AvgIpc) is 2.29. The summed E-state index contributed by atoms with van der Waals surface area (Å²) >= 11 is 0. The van der Waals surface area contributed by atoms with Gasteiger partial charge in [-0.2, -0.15) is 0 Å². The maximum absolute atomic E-state index is 12.4. The maximum Gasteiger partial charge on any atom is 0.223 e. The Kier molecular flexibility index (Phi) is 4.54.